The van der Waals surface area contributed by atoms with Crippen LogP contribution in [0.25, 0.3) is 0 Å². The first-order valence-corrected chi connectivity index (χ1v) is 7.74. The molecular weight excluding hydrogens is 238 g/mol. The van der Waals surface area contributed by atoms with Gasteiger partial charge in [0.1, 0.15) is 0 Å². The molecule has 0 aliphatic heterocycles. The summed E-state index contributed by atoms with van der Waals surface area (Å²) in [4.78, 5) is 4.60. The zero-order valence-corrected chi connectivity index (χ0v) is 12.4. The molecule has 19 heavy (non-hydrogen) atoms. The Hall–Kier alpha value is -0.900. The summed E-state index contributed by atoms with van der Waals surface area (Å²) in [5.41, 5.74) is 6.04. The van der Waals surface area contributed by atoms with Gasteiger partial charge in [0.05, 0.1) is 5.92 Å². The van der Waals surface area contributed by atoms with Crippen LogP contribution in [-0.2, 0) is 0 Å². The minimum atomic E-state index is 0.101. The summed E-state index contributed by atoms with van der Waals surface area (Å²) >= 11 is 0. The Morgan fingerprint density at radius 1 is 1.26 bits per heavy atom. The Labute approximate surface area is 116 Å². The van der Waals surface area contributed by atoms with E-state index < -0.39 is 0 Å². The van der Waals surface area contributed by atoms with E-state index in [4.69, 9.17) is 10.3 Å². The van der Waals surface area contributed by atoms with Crippen molar-refractivity contribution in [1.82, 2.24) is 10.1 Å². The van der Waals surface area contributed by atoms with Crippen molar-refractivity contribution >= 4 is 0 Å². The van der Waals surface area contributed by atoms with Gasteiger partial charge in [-0.05, 0) is 38.0 Å². The Bertz CT molecular complexity index is 382. The van der Waals surface area contributed by atoms with Crippen LogP contribution in [0, 0.1) is 5.92 Å². The first kappa shape index (κ1) is 14.5. The predicted molar refractivity (Wildman–Crippen MR) is 76.0 cm³/mol. The van der Waals surface area contributed by atoms with E-state index in [1.165, 1.54) is 32.1 Å². The minimum absolute atomic E-state index is 0.101. The van der Waals surface area contributed by atoms with Gasteiger partial charge in [-0.1, -0.05) is 32.3 Å². The van der Waals surface area contributed by atoms with E-state index in [2.05, 4.69) is 30.9 Å². The van der Waals surface area contributed by atoms with Gasteiger partial charge in [-0.2, -0.15) is 4.98 Å². The van der Waals surface area contributed by atoms with Crippen molar-refractivity contribution in [2.45, 2.75) is 77.2 Å². The first-order valence-electron chi connectivity index (χ1n) is 7.74. The zero-order chi connectivity index (χ0) is 13.8. The maximum atomic E-state index is 6.04. The lowest BCUT2D eigenvalue weighted by molar-refractivity contribution is 0.299. The second-order valence-electron chi connectivity index (χ2n) is 5.98. The first-order chi connectivity index (χ1) is 9.15. The fraction of sp³-hybridized carbons (Fsp3) is 0.867. The smallest absolute Gasteiger partial charge is 0.231 e. The van der Waals surface area contributed by atoms with Crippen LogP contribution in [0.4, 0.5) is 0 Å². The fourth-order valence-corrected chi connectivity index (χ4v) is 2.96. The Morgan fingerprint density at radius 2 is 1.95 bits per heavy atom. The van der Waals surface area contributed by atoms with E-state index in [1.54, 1.807) is 0 Å². The van der Waals surface area contributed by atoms with Crippen molar-refractivity contribution in [3.8, 4) is 0 Å². The van der Waals surface area contributed by atoms with Crippen LogP contribution < -0.4 is 5.73 Å². The van der Waals surface area contributed by atoms with Gasteiger partial charge in [-0.15, -0.1) is 0 Å². The molecule has 2 unspecified atom stereocenters. The van der Waals surface area contributed by atoms with Gasteiger partial charge in [-0.3, -0.25) is 0 Å². The second kappa shape index (κ2) is 6.51. The van der Waals surface area contributed by atoms with Crippen molar-refractivity contribution in [2.24, 2.45) is 11.7 Å². The molecule has 4 nitrogen and oxygen atoms in total. The van der Waals surface area contributed by atoms with Crippen LogP contribution >= 0.6 is 0 Å². The maximum absolute atomic E-state index is 6.04. The van der Waals surface area contributed by atoms with Crippen LogP contribution in [0.5, 0.6) is 0 Å². The van der Waals surface area contributed by atoms with Crippen LogP contribution in [0.2, 0.25) is 0 Å². The molecule has 0 bridgehead atoms. The number of nitrogens with zero attached hydrogens (tertiary/aromatic N) is 2. The van der Waals surface area contributed by atoms with Gasteiger partial charge in [0.25, 0.3) is 0 Å². The number of hydrogen-bond acceptors (Lipinski definition) is 4. The van der Waals surface area contributed by atoms with E-state index >= 15 is 0 Å². The Morgan fingerprint density at radius 3 is 2.53 bits per heavy atom. The molecule has 0 amide bonds. The summed E-state index contributed by atoms with van der Waals surface area (Å²) in [5, 5.41) is 4.19. The van der Waals surface area contributed by atoms with Crippen LogP contribution in [0.3, 0.4) is 0 Å². The highest BCUT2D eigenvalue weighted by atomic mass is 16.5. The Balaban J connectivity index is 1.97. The molecule has 0 saturated heterocycles. The SMILES string of the molecule is CCC1CCC(c2noc(C(C)C(N)CC)n2)CC1. The van der Waals surface area contributed by atoms with Gasteiger partial charge in [-0.25, -0.2) is 0 Å². The van der Waals surface area contributed by atoms with Gasteiger partial charge >= 0.3 is 0 Å². The van der Waals surface area contributed by atoms with Crippen molar-refractivity contribution < 1.29 is 4.52 Å². The zero-order valence-electron chi connectivity index (χ0n) is 12.4. The van der Waals surface area contributed by atoms with E-state index in [9.17, 15) is 0 Å². The summed E-state index contributed by atoms with van der Waals surface area (Å²) < 4.78 is 5.41. The highest BCUT2D eigenvalue weighted by molar-refractivity contribution is 5.01. The molecule has 0 spiro atoms. The lowest BCUT2D eigenvalue weighted by atomic mass is 9.80. The topological polar surface area (TPSA) is 64.9 Å². The standard InChI is InChI=1S/C15H27N3O/c1-4-11-6-8-12(9-7-11)14-17-15(19-18-14)10(3)13(16)5-2/h10-13H,4-9,16H2,1-3H3. The quantitative estimate of drug-likeness (QED) is 0.883. The molecule has 2 N–H and O–H groups in total. The summed E-state index contributed by atoms with van der Waals surface area (Å²) in [7, 11) is 0. The normalized spacial score (nSPS) is 27.2. The summed E-state index contributed by atoms with van der Waals surface area (Å²) in [6.45, 7) is 6.44. The van der Waals surface area contributed by atoms with E-state index in [0.717, 1.165) is 18.2 Å². The molecule has 2 atom stereocenters. The van der Waals surface area contributed by atoms with Crippen molar-refractivity contribution in [2.75, 3.05) is 0 Å². The lowest BCUT2D eigenvalue weighted by Gasteiger charge is -2.25. The van der Waals surface area contributed by atoms with E-state index in [0.29, 0.717) is 11.8 Å². The predicted octanol–water partition coefficient (Wildman–Crippen LogP) is 3.59. The summed E-state index contributed by atoms with van der Waals surface area (Å²) in [6, 6.07) is 0.101. The third-order valence-corrected chi connectivity index (χ3v) is 4.75. The molecule has 1 fully saturated rings. The van der Waals surface area contributed by atoms with Crippen LogP contribution in [-0.4, -0.2) is 16.2 Å². The average Bonchev–Trinajstić information content (AvgIpc) is 2.95. The molecule has 2 rings (SSSR count). The van der Waals surface area contributed by atoms with Gasteiger partial charge in [0, 0.05) is 12.0 Å². The third kappa shape index (κ3) is 3.35. The molecule has 1 aliphatic carbocycles. The van der Waals surface area contributed by atoms with Crippen LogP contribution in [0.15, 0.2) is 4.52 Å². The average molecular weight is 265 g/mol. The van der Waals surface area contributed by atoms with Crippen molar-refractivity contribution in [1.29, 1.82) is 0 Å². The Kier molecular flexibility index (Phi) is 4.97. The van der Waals surface area contributed by atoms with Crippen molar-refractivity contribution in [3.63, 3.8) is 0 Å². The fourth-order valence-electron chi connectivity index (χ4n) is 2.96. The minimum Gasteiger partial charge on any atom is -0.339 e. The van der Waals surface area contributed by atoms with Gasteiger partial charge in [0.2, 0.25) is 5.89 Å². The van der Waals surface area contributed by atoms with Gasteiger partial charge < -0.3 is 10.3 Å². The molecule has 4 heteroatoms. The van der Waals surface area contributed by atoms with E-state index in [1.807, 2.05) is 0 Å². The molecule has 1 saturated carbocycles. The molecule has 1 aliphatic rings. The molecule has 1 heterocycles. The summed E-state index contributed by atoms with van der Waals surface area (Å²) in [5.74, 6) is 3.15. The number of rotatable bonds is 5. The molecule has 108 valence electrons. The third-order valence-electron chi connectivity index (χ3n) is 4.75. The highest BCUT2D eigenvalue weighted by Gasteiger charge is 2.27. The van der Waals surface area contributed by atoms with Crippen LogP contribution in [0.1, 0.15) is 82.8 Å². The monoisotopic (exact) mass is 265 g/mol. The molecular formula is C15H27N3O. The molecule has 0 radical (unpaired) electrons. The number of nitrogens with two attached hydrogens (primary N) is 1. The second-order valence-corrected chi connectivity index (χ2v) is 5.98. The van der Waals surface area contributed by atoms with E-state index in [-0.39, 0.29) is 12.0 Å². The lowest BCUT2D eigenvalue weighted by Crippen LogP contribution is -2.25. The number of aromatic nitrogens is 2. The number of hydrogen-bond donors (Lipinski definition) is 1. The molecule has 1 aromatic rings. The largest absolute Gasteiger partial charge is 0.339 e. The molecule has 0 aromatic carbocycles. The summed E-state index contributed by atoms with van der Waals surface area (Å²) in [6.07, 6.45) is 7.23. The maximum Gasteiger partial charge on any atom is 0.231 e. The van der Waals surface area contributed by atoms with Crippen molar-refractivity contribution in [3.05, 3.63) is 11.7 Å². The highest BCUT2D eigenvalue weighted by Crippen LogP contribution is 2.36. The van der Waals surface area contributed by atoms with Gasteiger partial charge in [0.15, 0.2) is 5.82 Å². The molecule has 1 aromatic heterocycles.